The third-order valence-corrected chi connectivity index (χ3v) is 6.04. The average molecular weight is 459 g/mol. The van der Waals surface area contributed by atoms with Crippen LogP contribution in [0.25, 0.3) is 5.69 Å². The zero-order chi connectivity index (χ0) is 22.2. The lowest BCUT2D eigenvalue weighted by atomic mass is 10.1. The van der Waals surface area contributed by atoms with Crippen molar-refractivity contribution in [2.75, 3.05) is 5.32 Å². The summed E-state index contributed by atoms with van der Waals surface area (Å²) in [6, 6.07) is 12.8. The Morgan fingerprint density at radius 2 is 1.87 bits per heavy atom. The van der Waals surface area contributed by atoms with Gasteiger partial charge in [-0.25, -0.2) is 4.68 Å². The van der Waals surface area contributed by atoms with Gasteiger partial charge in [-0.2, -0.15) is 16.9 Å². The lowest BCUT2D eigenvalue weighted by Gasteiger charge is -2.25. The van der Waals surface area contributed by atoms with Crippen molar-refractivity contribution in [2.24, 2.45) is 0 Å². The summed E-state index contributed by atoms with van der Waals surface area (Å²) < 4.78 is 7.51. The van der Waals surface area contributed by atoms with Gasteiger partial charge in [-0.1, -0.05) is 11.6 Å². The Balaban J connectivity index is 1.62. The van der Waals surface area contributed by atoms with Crippen LogP contribution in [0.2, 0.25) is 5.02 Å². The molecule has 0 spiro atoms. The van der Waals surface area contributed by atoms with Crippen molar-refractivity contribution in [2.45, 2.75) is 31.0 Å². The van der Waals surface area contributed by atoms with Crippen LogP contribution in [0.5, 0.6) is 5.75 Å². The van der Waals surface area contributed by atoms with E-state index in [0.717, 1.165) is 22.8 Å². The van der Waals surface area contributed by atoms with Gasteiger partial charge < -0.3 is 10.1 Å². The molecule has 1 amide bonds. The normalized spacial score (nSPS) is 13.0. The number of benzene rings is 2. The molecule has 0 radical (unpaired) electrons. The summed E-state index contributed by atoms with van der Waals surface area (Å²) in [7, 11) is 0. The van der Waals surface area contributed by atoms with Gasteiger partial charge in [0.15, 0.2) is 5.60 Å². The lowest BCUT2D eigenvalue weighted by Crippen LogP contribution is -2.43. The van der Waals surface area contributed by atoms with Crippen LogP contribution in [0.4, 0.5) is 11.5 Å². The standard InChI is InChI=1S/C21H19ClN4O4S/c1-21(2,30-16-9-3-13(22)4-10-16)20(27)23-19-17-11-31-12-18(17)24-25(19)14-5-7-15(8-6-14)26(28)29/h3-10H,11-12H2,1-2H3,(H,23,27). The van der Waals surface area contributed by atoms with Crippen molar-refractivity contribution in [3.8, 4) is 11.4 Å². The molecule has 10 heteroatoms. The summed E-state index contributed by atoms with van der Waals surface area (Å²) in [5.41, 5.74) is 1.27. The fourth-order valence-electron chi connectivity index (χ4n) is 3.15. The maximum absolute atomic E-state index is 13.1. The molecule has 0 saturated heterocycles. The largest absolute Gasteiger partial charge is 0.478 e. The fourth-order valence-corrected chi connectivity index (χ4v) is 4.31. The van der Waals surface area contributed by atoms with E-state index < -0.39 is 10.5 Å². The predicted molar refractivity (Wildman–Crippen MR) is 120 cm³/mol. The van der Waals surface area contributed by atoms with Crippen LogP contribution in [0.15, 0.2) is 48.5 Å². The summed E-state index contributed by atoms with van der Waals surface area (Å²) in [5.74, 6) is 2.19. The van der Waals surface area contributed by atoms with Gasteiger partial charge in [-0.15, -0.1) is 0 Å². The Morgan fingerprint density at radius 1 is 1.19 bits per heavy atom. The van der Waals surface area contributed by atoms with Crippen molar-refractivity contribution in [1.82, 2.24) is 9.78 Å². The van der Waals surface area contributed by atoms with E-state index in [4.69, 9.17) is 16.3 Å². The van der Waals surface area contributed by atoms with E-state index >= 15 is 0 Å². The smallest absolute Gasteiger partial charge is 0.269 e. The number of nitrogens with one attached hydrogen (secondary N) is 1. The number of halogens is 1. The van der Waals surface area contributed by atoms with Crippen LogP contribution >= 0.6 is 23.4 Å². The van der Waals surface area contributed by atoms with Crippen LogP contribution in [-0.2, 0) is 16.3 Å². The predicted octanol–water partition coefficient (Wildman–Crippen LogP) is 4.98. The number of hydrogen-bond acceptors (Lipinski definition) is 6. The molecule has 1 aromatic heterocycles. The van der Waals surface area contributed by atoms with Crippen molar-refractivity contribution in [1.29, 1.82) is 0 Å². The van der Waals surface area contributed by atoms with Crippen LogP contribution in [0.3, 0.4) is 0 Å². The highest BCUT2D eigenvalue weighted by Gasteiger charge is 2.33. The van der Waals surface area contributed by atoms with Gasteiger partial charge in [0.05, 0.1) is 16.3 Å². The molecule has 0 unspecified atom stereocenters. The van der Waals surface area contributed by atoms with E-state index in [1.165, 1.54) is 12.1 Å². The summed E-state index contributed by atoms with van der Waals surface area (Å²) in [5, 5.41) is 19.1. The summed E-state index contributed by atoms with van der Waals surface area (Å²) in [6.45, 7) is 3.36. The molecule has 0 bridgehead atoms. The van der Waals surface area contributed by atoms with Crippen molar-refractivity contribution < 1.29 is 14.5 Å². The third kappa shape index (κ3) is 4.38. The highest BCUT2D eigenvalue weighted by Crippen LogP contribution is 2.36. The maximum atomic E-state index is 13.1. The molecule has 2 aromatic carbocycles. The molecular formula is C21H19ClN4O4S. The number of aromatic nitrogens is 2. The zero-order valence-electron chi connectivity index (χ0n) is 16.8. The topological polar surface area (TPSA) is 99.3 Å². The molecule has 4 rings (SSSR count). The van der Waals surface area contributed by atoms with Crippen LogP contribution in [0.1, 0.15) is 25.1 Å². The molecule has 1 N–H and O–H groups in total. The van der Waals surface area contributed by atoms with E-state index in [9.17, 15) is 14.9 Å². The Hall–Kier alpha value is -3.04. The van der Waals surface area contributed by atoms with Crippen LogP contribution < -0.4 is 10.1 Å². The van der Waals surface area contributed by atoms with E-state index in [2.05, 4.69) is 10.4 Å². The number of amides is 1. The number of fused-ring (bicyclic) bond motifs is 1. The molecule has 31 heavy (non-hydrogen) atoms. The number of non-ortho nitro benzene ring substituents is 1. The van der Waals surface area contributed by atoms with Crippen LogP contribution in [0, 0.1) is 10.1 Å². The molecule has 3 aromatic rings. The fraction of sp³-hybridized carbons (Fsp3) is 0.238. The molecule has 0 aliphatic carbocycles. The van der Waals surface area contributed by atoms with Crippen molar-refractivity contribution in [3.05, 3.63) is 74.9 Å². The Kier molecular flexibility index (Phi) is 5.63. The summed E-state index contributed by atoms with van der Waals surface area (Å²) in [4.78, 5) is 23.6. The van der Waals surface area contributed by atoms with Crippen molar-refractivity contribution in [3.63, 3.8) is 0 Å². The van der Waals surface area contributed by atoms with E-state index in [1.807, 2.05) is 0 Å². The molecule has 0 fully saturated rings. The number of carbonyl (C=O) groups is 1. The number of thioether (sulfide) groups is 1. The number of carbonyl (C=O) groups excluding carboxylic acids is 1. The van der Waals surface area contributed by atoms with E-state index in [1.54, 1.807) is 66.7 Å². The highest BCUT2D eigenvalue weighted by molar-refractivity contribution is 7.98. The Bertz CT molecular complexity index is 1140. The SMILES string of the molecule is CC(C)(Oc1ccc(Cl)cc1)C(=O)Nc1c2c(nn1-c1ccc([N+](=O)[O-])cc1)CSC2. The number of ether oxygens (including phenoxy) is 1. The van der Waals surface area contributed by atoms with Gasteiger partial charge in [0.1, 0.15) is 11.6 Å². The summed E-state index contributed by atoms with van der Waals surface area (Å²) in [6.07, 6.45) is 0. The Morgan fingerprint density at radius 3 is 2.52 bits per heavy atom. The van der Waals surface area contributed by atoms with E-state index in [0.29, 0.717) is 22.3 Å². The Labute approximate surface area is 187 Å². The zero-order valence-corrected chi connectivity index (χ0v) is 18.4. The second-order valence-corrected chi connectivity index (χ2v) is 8.89. The first-order chi connectivity index (χ1) is 14.7. The summed E-state index contributed by atoms with van der Waals surface area (Å²) >= 11 is 7.63. The minimum atomic E-state index is -1.17. The molecule has 0 saturated carbocycles. The van der Waals surface area contributed by atoms with Gasteiger partial charge in [0.25, 0.3) is 11.6 Å². The van der Waals surface area contributed by atoms with Gasteiger partial charge >= 0.3 is 0 Å². The first-order valence-corrected chi connectivity index (χ1v) is 11.0. The maximum Gasteiger partial charge on any atom is 0.269 e. The van der Waals surface area contributed by atoms with Crippen LogP contribution in [-0.4, -0.2) is 26.2 Å². The molecule has 160 valence electrons. The minimum Gasteiger partial charge on any atom is -0.478 e. The third-order valence-electron chi connectivity index (χ3n) is 4.82. The molecule has 0 atom stereocenters. The number of nitro groups is 1. The second-order valence-electron chi connectivity index (χ2n) is 7.47. The van der Waals surface area contributed by atoms with Gasteiger partial charge in [-0.05, 0) is 50.2 Å². The van der Waals surface area contributed by atoms with Gasteiger partial charge in [-0.3, -0.25) is 14.9 Å². The molecule has 1 aliphatic heterocycles. The van der Waals surface area contributed by atoms with E-state index in [-0.39, 0.29) is 11.6 Å². The molecule has 8 nitrogen and oxygen atoms in total. The molecule has 1 aliphatic rings. The minimum absolute atomic E-state index is 0.0120. The first kappa shape index (κ1) is 21.2. The number of hydrogen-bond donors (Lipinski definition) is 1. The average Bonchev–Trinajstić information content (AvgIpc) is 3.32. The van der Waals surface area contributed by atoms with Gasteiger partial charge in [0, 0.05) is 34.2 Å². The first-order valence-electron chi connectivity index (χ1n) is 9.44. The number of rotatable bonds is 6. The number of anilines is 1. The molecular weight excluding hydrogens is 440 g/mol. The number of nitrogens with zero attached hydrogens (tertiary/aromatic N) is 3. The highest BCUT2D eigenvalue weighted by atomic mass is 35.5. The lowest BCUT2D eigenvalue weighted by molar-refractivity contribution is -0.384. The quantitative estimate of drug-likeness (QED) is 0.413. The number of nitro benzene ring substituents is 1. The molecule has 2 heterocycles. The monoisotopic (exact) mass is 458 g/mol. The second kappa shape index (κ2) is 8.24. The van der Waals surface area contributed by atoms with Gasteiger partial charge in [0.2, 0.25) is 0 Å². The van der Waals surface area contributed by atoms with Crippen molar-refractivity contribution >= 4 is 40.8 Å².